The van der Waals surface area contributed by atoms with Crippen LogP contribution in [0.5, 0.6) is 0 Å². The highest BCUT2D eigenvalue weighted by Gasteiger charge is 2.26. The predicted molar refractivity (Wildman–Crippen MR) is 85.3 cm³/mol. The van der Waals surface area contributed by atoms with Gasteiger partial charge >= 0.3 is 5.97 Å². The quantitative estimate of drug-likeness (QED) is 0.814. The number of hydrogen-bond acceptors (Lipinski definition) is 5. The van der Waals surface area contributed by atoms with Gasteiger partial charge in [-0.3, -0.25) is 0 Å². The molecule has 0 N–H and O–H groups in total. The van der Waals surface area contributed by atoms with E-state index >= 15 is 0 Å². The lowest BCUT2D eigenvalue weighted by atomic mass is 9.90. The number of rotatable bonds is 3. The van der Waals surface area contributed by atoms with Crippen LogP contribution in [0.2, 0.25) is 0 Å². The van der Waals surface area contributed by atoms with E-state index in [2.05, 4.69) is 16.4 Å². The van der Waals surface area contributed by atoms with Crippen LogP contribution in [0.25, 0.3) is 5.69 Å². The number of ether oxygens (including phenoxy) is 1. The molecule has 0 bridgehead atoms. The third-order valence-corrected chi connectivity index (χ3v) is 3.16. The summed E-state index contributed by atoms with van der Waals surface area (Å²) < 4.78 is 6.82. The molecule has 0 amide bonds. The molecule has 2 rings (SSSR count). The minimum absolute atomic E-state index is 0.187. The zero-order valence-electron chi connectivity index (χ0n) is 14.0. The summed E-state index contributed by atoms with van der Waals surface area (Å²) in [5, 5.41) is 17.3. The molecule has 0 aliphatic rings. The summed E-state index contributed by atoms with van der Waals surface area (Å²) in [7, 11) is 0. The first-order valence-corrected chi connectivity index (χ1v) is 7.41. The van der Waals surface area contributed by atoms with Crippen molar-refractivity contribution in [2.45, 2.75) is 46.1 Å². The molecule has 0 atom stereocenters. The standard InChI is InChI=1S/C17H20N4O2/c1-11(2)23-16(22)12-7-6-8-13(9-12)21-15(17(3,4)5)14(10-18)19-20-21/h6-9,11H,1-5H3. The summed E-state index contributed by atoms with van der Waals surface area (Å²) >= 11 is 0. The third kappa shape index (κ3) is 3.57. The fourth-order valence-electron chi connectivity index (χ4n) is 2.26. The Hall–Kier alpha value is -2.68. The molecule has 0 fully saturated rings. The number of hydrogen-bond donors (Lipinski definition) is 0. The number of nitriles is 1. The molecule has 120 valence electrons. The molecular weight excluding hydrogens is 292 g/mol. The van der Waals surface area contributed by atoms with E-state index in [1.165, 1.54) is 0 Å². The predicted octanol–water partition coefficient (Wildman–Crippen LogP) is 3.00. The third-order valence-electron chi connectivity index (χ3n) is 3.16. The first-order valence-electron chi connectivity index (χ1n) is 7.41. The lowest BCUT2D eigenvalue weighted by Crippen LogP contribution is -2.19. The van der Waals surface area contributed by atoms with Crippen molar-refractivity contribution in [3.8, 4) is 11.8 Å². The van der Waals surface area contributed by atoms with Crippen LogP contribution in [0.3, 0.4) is 0 Å². The largest absolute Gasteiger partial charge is 0.459 e. The Kier molecular flexibility index (Phi) is 4.50. The smallest absolute Gasteiger partial charge is 0.338 e. The summed E-state index contributed by atoms with van der Waals surface area (Å²) in [5.41, 5.74) is 1.78. The monoisotopic (exact) mass is 312 g/mol. The molecule has 23 heavy (non-hydrogen) atoms. The van der Waals surface area contributed by atoms with E-state index in [4.69, 9.17) is 4.74 Å². The van der Waals surface area contributed by atoms with E-state index < -0.39 is 0 Å². The van der Waals surface area contributed by atoms with Crippen LogP contribution in [0.15, 0.2) is 24.3 Å². The normalized spacial score (nSPS) is 11.3. The second kappa shape index (κ2) is 6.21. The molecule has 0 radical (unpaired) electrons. The van der Waals surface area contributed by atoms with Gasteiger partial charge in [0.2, 0.25) is 0 Å². The van der Waals surface area contributed by atoms with Crippen molar-refractivity contribution < 1.29 is 9.53 Å². The zero-order valence-corrected chi connectivity index (χ0v) is 14.0. The van der Waals surface area contributed by atoms with E-state index in [1.54, 1.807) is 36.7 Å². The molecule has 6 heteroatoms. The molecule has 0 unspecified atom stereocenters. The number of esters is 1. The van der Waals surface area contributed by atoms with Crippen molar-refractivity contribution in [3.05, 3.63) is 41.2 Å². The molecule has 0 saturated carbocycles. The summed E-state index contributed by atoms with van der Waals surface area (Å²) in [6.07, 6.45) is -0.187. The highest BCUT2D eigenvalue weighted by atomic mass is 16.5. The molecular formula is C17H20N4O2. The van der Waals surface area contributed by atoms with Gasteiger partial charge in [0, 0.05) is 5.41 Å². The SMILES string of the molecule is CC(C)OC(=O)c1cccc(-n2nnc(C#N)c2C(C)(C)C)c1. The number of benzene rings is 1. The summed E-state index contributed by atoms with van der Waals surface area (Å²) in [5.74, 6) is -0.389. The first-order chi connectivity index (χ1) is 10.7. The average Bonchev–Trinajstić information content (AvgIpc) is 2.90. The van der Waals surface area contributed by atoms with Crippen molar-refractivity contribution in [1.82, 2.24) is 15.0 Å². The maximum atomic E-state index is 12.1. The molecule has 6 nitrogen and oxygen atoms in total. The maximum absolute atomic E-state index is 12.1. The van der Waals surface area contributed by atoms with Gasteiger partial charge in [-0.2, -0.15) is 5.26 Å². The van der Waals surface area contributed by atoms with Crippen LogP contribution in [-0.4, -0.2) is 27.1 Å². The van der Waals surface area contributed by atoms with Gasteiger partial charge in [-0.05, 0) is 32.0 Å². The van der Waals surface area contributed by atoms with Gasteiger partial charge < -0.3 is 4.74 Å². The summed E-state index contributed by atoms with van der Waals surface area (Å²) in [6, 6.07) is 9.02. The van der Waals surface area contributed by atoms with E-state index in [1.807, 2.05) is 26.8 Å². The molecule has 1 aromatic heterocycles. The van der Waals surface area contributed by atoms with Gasteiger partial charge in [-0.1, -0.05) is 32.1 Å². The van der Waals surface area contributed by atoms with Crippen molar-refractivity contribution >= 4 is 5.97 Å². The Morgan fingerprint density at radius 3 is 2.61 bits per heavy atom. The Balaban J connectivity index is 2.51. The van der Waals surface area contributed by atoms with Crippen molar-refractivity contribution in [2.75, 3.05) is 0 Å². The van der Waals surface area contributed by atoms with E-state index in [9.17, 15) is 10.1 Å². The molecule has 0 aliphatic heterocycles. The lowest BCUT2D eigenvalue weighted by molar-refractivity contribution is 0.0378. The van der Waals surface area contributed by atoms with Gasteiger partial charge in [-0.25, -0.2) is 9.48 Å². The summed E-state index contributed by atoms with van der Waals surface area (Å²) in [4.78, 5) is 12.1. The molecule has 2 aromatic rings. The van der Waals surface area contributed by atoms with Crippen molar-refractivity contribution in [3.63, 3.8) is 0 Å². The van der Waals surface area contributed by atoms with Gasteiger partial charge in [0.05, 0.1) is 23.0 Å². The fraction of sp³-hybridized carbons (Fsp3) is 0.412. The number of carbonyl (C=O) groups excluding carboxylic acids is 1. The zero-order chi connectivity index (χ0) is 17.2. The second-order valence-electron chi connectivity index (χ2n) is 6.56. The van der Waals surface area contributed by atoms with Gasteiger partial charge in [0.15, 0.2) is 5.69 Å². The van der Waals surface area contributed by atoms with E-state index in [-0.39, 0.29) is 23.2 Å². The highest BCUT2D eigenvalue weighted by molar-refractivity contribution is 5.90. The van der Waals surface area contributed by atoms with Gasteiger partial charge in [-0.15, -0.1) is 5.10 Å². The fourth-order valence-corrected chi connectivity index (χ4v) is 2.26. The van der Waals surface area contributed by atoms with Crippen LogP contribution < -0.4 is 0 Å². The Morgan fingerprint density at radius 1 is 1.35 bits per heavy atom. The summed E-state index contributed by atoms with van der Waals surface area (Å²) in [6.45, 7) is 9.56. The second-order valence-corrected chi connectivity index (χ2v) is 6.56. The number of nitrogens with zero attached hydrogens (tertiary/aromatic N) is 4. The minimum atomic E-state index is -0.389. The Labute approximate surface area is 135 Å². The lowest BCUT2D eigenvalue weighted by Gasteiger charge is -2.20. The van der Waals surface area contributed by atoms with Crippen LogP contribution in [0.1, 0.15) is 56.4 Å². The molecule has 0 aliphatic carbocycles. The first kappa shape index (κ1) is 16.7. The molecule has 1 aromatic carbocycles. The van der Waals surface area contributed by atoms with Crippen molar-refractivity contribution in [1.29, 1.82) is 5.26 Å². The van der Waals surface area contributed by atoms with Crippen molar-refractivity contribution in [2.24, 2.45) is 0 Å². The molecule has 0 saturated heterocycles. The van der Waals surface area contributed by atoms with E-state index in [0.29, 0.717) is 16.9 Å². The molecule has 1 heterocycles. The maximum Gasteiger partial charge on any atom is 0.338 e. The van der Waals surface area contributed by atoms with Crippen LogP contribution in [0.4, 0.5) is 0 Å². The van der Waals surface area contributed by atoms with Gasteiger partial charge in [0.25, 0.3) is 0 Å². The van der Waals surface area contributed by atoms with E-state index in [0.717, 1.165) is 0 Å². The van der Waals surface area contributed by atoms with Gasteiger partial charge in [0.1, 0.15) is 6.07 Å². The Morgan fingerprint density at radius 2 is 2.04 bits per heavy atom. The average molecular weight is 312 g/mol. The van der Waals surface area contributed by atoms with Crippen LogP contribution in [0, 0.1) is 11.3 Å². The number of carbonyl (C=O) groups is 1. The topological polar surface area (TPSA) is 80.8 Å². The highest BCUT2D eigenvalue weighted by Crippen LogP contribution is 2.27. The molecule has 0 spiro atoms. The van der Waals surface area contributed by atoms with Crippen LogP contribution >= 0.6 is 0 Å². The van der Waals surface area contributed by atoms with Crippen LogP contribution in [-0.2, 0) is 10.2 Å². The Bertz CT molecular complexity index is 764. The minimum Gasteiger partial charge on any atom is -0.459 e. The number of aromatic nitrogens is 3.